The van der Waals surface area contributed by atoms with Gasteiger partial charge in [-0.05, 0) is 63.0 Å². The third-order valence-electron chi connectivity index (χ3n) is 6.27. The second-order valence-electron chi connectivity index (χ2n) is 8.18. The molecule has 1 aliphatic carbocycles. The van der Waals surface area contributed by atoms with Gasteiger partial charge in [-0.1, -0.05) is 0 Å². The predicted octanol–water partition coefficient (Wildman–Crippen LogP) is 2.97. The molecule has 0 unspecified atom stereocenters. The van der Waals surface area contributed by atoms with Gasteiger partial charge in [-0.2, -0.15) is 0 Å². The number of urea groups is 1. The Morgan fingerprint density at radius 3 is 2.39 bits per heavy atom. The molecule has 154 valence electrons. The fourth-order valence-corrected chi connectivity index (χ4v) is 4.28. The Kier molecular flexibility index (Phi) is 7.12. The van der Waals surface area contributed by atoms with Crippen LogP contribution in [0.3, 0.4) is 0 Å². The molecule has 0 aromatic carbocycles. The number of pyridine rings is 1. The van der Waals surface area contributed by atoms with E-state index in [2.05, 4.69) is 27.3 Å². The summed E-state index contributed by atoms with van der Waals surface area (Å²) in [4.78, 5) is 31.7. The third-order valence-corrected chi connectivity index (χ3v) is 6.27. The van der Waals surface area contributed by atoms with Gasteiger partial charge in [0.1, 0.15) is 0 Å². The normalized spacial score (nSPS) is 23.2. The fourth-order valence-electron chi connectivity index (χ4n) is 4.28. The molecule has 2 amide bonds. The summed E-state index contributed by atoms with van der Waals surface area (Å²) >= 11 is 0. The van der Waals surface area contributed by atoms with Gasteiger partial charge in [0, 0.05) is 50.8 Å². The number of carboxylic acids is 1. The van der Waals surface area contributed by atoms with Crippen LogP contribution in [0.4, 0.5) is 10.5 Å². The average molecular weight is 389 g/mol. The van der Waals surface area contributed by atoms with Crippen LogP contribution in [0.5, 0.6) is 0 Å². The van der Waals surface area contributed by atoms with Crippen molar-refractivity contribution >= 4 is 17.7 Å². The van der Waals surface area contributed by atoms with Crippen LogP contribution >= 0.6 is 0 Å². The Morgan fingerprint density at radius 2 is 1.79 bits per heavy atom. The molecule has 0 spiro atoms. The highest BCUT2D eigenvalue weighted by Gasteiger charge is 2.27. The highest BCUT2D eigenvalue weighted by molar-refractivity contribution is 5.74. The average Bonchev–Trinajstić information content (AvgIpc) is 2.73. The van der Waals surface area contributed by atoms with Gasteiger partial charge < -0.3 is 20.2 Å². The van der Waals surface area contributed by atoms with Crippen LogP contribution in [0.25, 0.3) is 0 Å². The molecule has 2 fully saturated rings. The standard InChI is InChI=1S/C21H32N4O3/c1-24(21(28)23-18-4-2-17(3-5-18)20(26)27)13-8-16-9-14-25(15-10-16)19-6-11-22-12-7-19/h6-7,11-12,16-18H,2-5,8-10,13-15H2,1H3,(H,23,28)(H,26,27). The van der Waals surface area contributed by atoms with Crippen molar-refractivity contribution in [3.05, 3.63) is 24.5 Å². The van der Waals surface area contributed by atoms with Crippen LogP contribution in [0.2, 0.25) is 0 Å². The van der Waals surface area contributed by atoms with Crippen LogP contribution in [0.15, 0.2) is 24.5 Å². The zero-order valence-electron chi connectivity index (χ0n) is 16.7. The quantitative estimate of drug-likeness (QED) is 0.782. The zero-order chi connectivity index (χ0) is 19.9. The van der Waals surface area contributed by atoms with E-state index in [-0.39, 0.29) is 18.0 Å². The number of rotatable bonds is 6. The number of aliphatic carboxylic acids is 1. The number of piperidine rings is 1. The second kappa shape index (κ2) is 9.75. The van der Waals surface area contributed by atoms with Crippen molar-refractivity contribution in [2.75, 3.05) is 31.6 Å². The number of aromatic nitrogens is 1. The van der Waals surface area contributed by atoms with E-state index in [1.165, 1.54) is 5.69 Å². The van der Waals surface area contributed by atoms with Crippen molar-refractivity contribution < 1.29 is 14.7 Å². The summed E-state index contributed by atoms with van der Waals surface area (Å²) in [7, 11) is 1.85. The van der Waals surface area contributed by atoms with Gasteiger partial charge in [-0.25, -0.2) is 4.79 Å². The molecule has 28 heavy (non-hydrogen) atoms. The first-order valence-electron chi connectivity index (χ1n) is 10.4. The first-order chi connectivity index (χ1) is 13.5. The lowest BCUT2D eigenvalue weighted by Gasteiger charge is -2.34. The molecule has 1 aromatic rings. The van der Waals surface area contributed by atoms with Gasteiger partial charge in [-0.15, -0.1) is 0 Å². The lowest BCUT2D eigenvalue weighted by atomic mass is 9.86. The van der Waals surface area contributed by atoms with E-state index in [9.17, 15) is 9.59 Å². The number of hydrogen-bond donors (Lipinski definition) is 2. The molecule has 1 aliphatic heterocycles. The molecule has 1 saturated heterocycles. The van der Waals surface area contributed by atoms with Gasteiger partial charge >= 0.3 is 12.0 Å². The highest BCUT2D eigenvalue weighted by atomic mass is 16.4. The molecule has 1 aromatic heterocycles. The minimum atomic E-state index is -0.711. The van der Waals surface area contributed by atoms with Gasteiger partial charge in [0.05, 0.1) is 5.92 Å². The molecular formula is C21H32N4O3. The summed E-state index contributed by atoms with van der Waals surface area (Å²) in [6, 6.07) is 4.19. The molecule has 2 N–H and O–H groups in total. The molecular weight excluding hydrogens is 356 g/mol. The van der Waals surface area contributed by atoms with E-state index in [0.717, 1.165) is 51.7 Å². The summed E-state index contributed by atoms with van der Waals surface area (Å²) < 4.78 is 0. The summed E-state index contributed by atoms with van der Waals surface area (Å²) in [6.07, 6.45) is 9.81. The Morgan fingerprint density at radius 1 is 1.14 bits per heavy atom. The van der Waals surface area contributed by atoms with Crippen LogP contribution in [-0.2, 0) is 4.79 Å². The molecule has 3 rings (SSSR count). The summed E-state index contributed by atoms with van der Waals surface area (Å²) in [6.45, 7) is 2.87. The van der Waals surface area contributed by atoms with Gasteiger partial charge in [0.15, 0.2) is 0 Å². The minimum absolute atomic E-state index is 0.0343. The largest absolute Gasteiger partial charge is 0.481 e. The van der Waals surface area contributed by atoms with E-state index >= 15 is 0 Å². The second-order valence-corrected chi connectivity index (χ2v) is 8.18. The third kappa shape index (κ3) is 5.59. The van der Waals surface area contributed by atoms with Crippen molar-refractivity contribution in [2.24, 2.45) is 11.8 Å². The number of anilines is 1. The van der Waals surface area contributed by atoms with E-state index < -0.39 is 5.97 Å². The lowest BCUT2D eigenvalue weighted by Crippen LogP contribution is -2.45. The van der Waals surface area contributed by atoms with Gasteiger partial charge in [0.25, 0.3) is 0 Å². The molecule has 2 heterocycles. The Balaban J connectivity index is 1.34. The highest BCUT2D eigenvalue weighted by Crippen LogP contribution is 2.26. The number of nitrogens with one attached hydrogen (secondary N) is 1. The Hall–Kier alpha value is -2.31. The minimum Gasteiger partial charge on any atom is -0.481 e. The maximum absolute atomic E-state index is 12.4. The number of amides is 2. The molecule has 7 nitrogen and oxygen atoms in total. The number of carbonyl (C=O) groups is 2. The smallest absolute Gasteiger partial charge is 0.317 e. The van der Waals surface area contributed by atoms with E-state index in [1.807, 2.05) is 19.4 Å². The number of nitrogens with zero attached hydrogens (tertiary/aromatic N) is 3. The molecule has 0 bridgehead atoms. The van der Waals surface area contributed by atoms with E-state index in [1.54, 1.807) is 4.90 Å². The van der Waals surface area contributed by atoms with Crippen LogP contribution < -0.4 is 10.2 Å². The SMILES string of the molecule is CN(CCC1CCN(c2ccncc2)CC1)C(=O)NC1CCC(C(=O)O)CC1. The van der Waals surface area contributed by atoms with Crippen molar-refractivity contribution in [3.8, 4) is 0 Å². The van der Waals surface area contributed by atoms with E-state index in [0.29, 0.717) is 18.8 Å². The molecule has 0 atom stereocenters. The molecule has 1 saturated carbocycles. The van der Waals surface area contributed by atoms with Crippen molar-refractivity contribution in [3.63, 3.8) is 0 Å². The van der Waals surface area contributed by atoms with Gasteiger partial charge in [-0.3, -0.25) is 9.78 Å². The molecule has 2 aliphatic rings. The van der Waals surface area contributed by atoms with Crippen LogP contribution in [0, 0.1) is 11.8 Å². The summed E-state index contributed by atoms with van der Waals surface area (Å²) in [5, 5.41) is 12.1. The zero-order valence-corrected chi connectivity index (χ0v) is 16.7. The number of carbonyl (C=O) groups excluding carboxylic acids is 1. The van der Waals surface area contributed by atoms with Gasteiger partial charge in [0.2, 0.25) is 0 Å². The monoisotopic (exact) mass is 388 g/mol. The van der Waals surface area contributed by atoms with Crippen molar-refractivity contribution in [1.82, 2.24) is 15.2 Å². The summed E-state index contributed by atoms with van der Waals surface area (Å²) in [5.74, 6) is -0.305. The predicted molar refractivity (Wildman–Crippen MR) is 108 cm³/mol. The maximum atomic E-state index is 12.4. The van der Waals surface area contributed by atoms with Crippen LogP contribution in [0.1, 0.15) is 44.9 Å². The van der Waals surface area contributed by atoms with Crippen LogP contribution in [-0.4, -0.2) is 59.7 Å². The Labute approximate surface area is 167 Å². The van der Waals surface area contributed by atoms with Crippen molar-refractivity contribution in [1.29, 1.82) is 0 Å². The maximum Gasteiger partial charge on any atom is 0.317 e. The lowest BCUT2D eigenvalue weighted by molar-refractivity contribution is -0.142. The molecule has 7 heteroatoms. The fraction of sp³-hybridized carbons (Fsp3) is 0.667. The van der Waals surface area contributed by atoms with Crippen molar-refractivity contribution in [2.45, 2.75) is 51.0 Å². The summed E-state index contributed by atoms with van der Waals surface area (Å²) in [5.41, 5.74) is 1.24. The number of hydrogen-bond acceptors (Lipinski definition) is 4. The molecule has 0 radical (unpaired) electrons. The number of carboxylic acid groups (broad SMARTS) is 1. The topological polar surface area (TPSA) is 85.8 Å². The van der Waals surface area contributed by atoms with E-state index in [4.69, 9.17) is 5.11 Å². The Bertz CT molecular complexity index is 638. The first-order valence-corrected chi connectivity index (χ1v) is 10.4. The first kappa shape index (κ1) is 20.4.